The zero-order valence-corrected chi connectivity index (χ0v) is 8.53. The van der Waals surface area contributed by atoms with Gasteiger partial charge in [0.2, 0.25) is 0 Å². The first kappa shape index (κ1) is 8.48. The van der Waals surface area contributed by atoms with Crippen molar-refractivity contribution in [3.63, 3.8) is 0 Å². The van der Waals surface area contributed by atoms with Crippen LogP contribution < -0.4 is 0 Å². The van der Waals surface area contributed by atoms with E-state index in [1.54, 1.807) is 0 Å². The molecule has 2 nitrogen and oxygen atoms in total. The maximum Gasteiger partial charge on any atom is 0.144 e. The summed E-state index contributed by atoms with van der Waals surface area (Å²) in [6.45, 7) is 2.08. The molecule has 0 saturated heterocycles. The minimum absolute atomic E-state index is 0.884. The molecule has 1 heterocycles. The number of aromatic nitrogens is 1. The Bertz CT molecular complexity index is 625. The molecule has 2 heteroatoms. The van der Waals surface area contributed by atoms with Crippen molar-refractivity contribution < 1.29 is 4.52 Å². The summed E-state index contributed by atoms with van der Waals surface area (Å²) in [7, 11) is 0. The Hall–Kier alpha value is -1.83. The van der Waals surface area contributed by atoms with Crippen LogP contribution in [0.3, 0.4) is 0 Å². The van der Waals surface area contributed by atoms with Crippen molar-refractivity contribution in [2.75, 3.05) is 0 Å². The first-order chi connectivity index (χ1) is 7.40. The van der Waals surface area contributed by atoms with Gasteiger partial charge in [-0.3, -0.25) is 0 Å². The second-order valence-corrected chi connectivity index (χ2v) is 3.64. The summed E-state index contributed by atoms with van der Waals surface area (Å²) in [6.07, 6.45) is 0.884. The fourth-order valence-electron chi connectivity index (χ4n) is 1.98. The Balaban J connectivity index is 2.50. The Morgan fingerprint density at radius 1 is 1.07 bits per heavy atom. The smallest absolute Gasteiger partial charge is 0.144 e. The molecule has 2 aromatic carbocycles. The minimum atomic E-state index is 0.884. The predicted molar refractivity (Wildman–Crippen MR) is 60.9 cm³/mol. The number of fused-ring (bicyclic) bond motifs is 3. The summed E-state index contributed by atoms with van der Waals surface area (Å²) in [5, 5.41) is 7.65. The number of nitrogens with zero attached hydrogens (tertiary/aromatic N) is 1. The minimum Gasteiger partial charge on any atom is -0.360 e. The molecule has 0 saturated carbocycles. The van der Waals surface area contributed by atoms with Crippen molar-refractivity contribution in [1.82, 2.24) is 5.16 Å². The van der Waals surface area contributed by atoms with Crippen LogP contribution in [0.5, 0.6) is 0 Å². The summed E-state index contributed by atoms with van der Waals surface area (Å²) in [5.74, 6) is 0.968. The molecule has 0 aliphatic heterocycles. The number of aryl methyl sites for hydroxylation is 1. The molecule has 0 unspecified atom stereocenters. The molecule has 0 atom stereocenters. The second kappa shape index (κ2) is 3.09. The van der Waals surface area contributed by atoms with Crippen LogP contribution >= 0.6 is 0 Å². The highest BCUT2D eigenvalue weighted by Crippen LogP contribution is 2.26. The first-order valence-corrected chi connectivity index (χ1v) is 5.16. The van der Waals surface area contributed by atoms with E-state index in [1.165, 1.54) is 10.8 Å². The molecule has 1 aromatic heterocycles. The standard InChI is InChI=1S/C13H11NO/c1-2-12-11-8-7-9-5-3-4-6-10(9)13(11)14-15-12/h3-8H,2H2,1H3. The van der Waals surface area contributed by atoms with Crippen molar-refractivity contribution in [2.24, 2.45) is 0 Å². The maximum absolute atomic E-state index is 5.32. The number of hydrogen-bond donors (Lipinski definition) is 0. The molecule has 0 aliphatic carbocycles. The molecule has 3 rings (SSSR count). The van der Waals surface area contributed by atoms with Crippen molar-refractivity contribution in [1.29, 1.82) is 0 Å². The molecular weight excluding hydrogens is 186 g/mol. The fraction of sp³-hybridized carbons (Fsp3) is 0.154. The van der Waals surface area contributed by atoms with E-state index in [-0.39, 0.29) is 0 Å². The highest BCUT2D eigenvalue weighted by atomic mass is 16.5. The number of hydrogen-bond acceptors (Lipinski definition) is 2. The third kappa shape index (κ3) is 1.14. The van der Waals surface area contributed by atoms with Gasteiger partial charge in [-0.1, -0.05) is 42.4 Å². The summed E-state index contributed by atoms with van der Waals surface area (Å²) in [6, 6.07) is 12.5. The molecule has 0 aliphatic rings. The van der Waals surface area contributed by atoms with Gasteiger partial charge in [0, 0.05) is 17.2 Å². The monoisotopic (exact) mass is 197 g/mol. The quantitative estimate of drug-likeness (QED) is 0.596. The molecule has 0 bridgehead atoms. The lowest BCUT2D eigenvalue weighted by atomic mass is 10.1. The normalized spacial score (nSPS) is 11.3. The SMILES string of the molecule is CCc1onc2c1ccc1ccccc12. The number of benzene rings is 2. The van der Waals surface area contributed by atoms with E-state index in [9.17, 15) is 0 Å². The first-order valence-electron chi connectivity index (χ1n) is 5.16. The Morgan fingerprint density at radius 3 is 2.80 bits per heavy atom. The average molecular weight is 197 g/mol. The van der Waals surface area contributed by atoms with Gasteiger partial charge in [-0.2, -0.15) is 0 Å². The van der Waals surface area contributed by atoms with Gasteiger partial charge in [0.15, 0.2) is 0 Å². The summed E-state index contributed by atoms with van der Waals surface area (Å²) < 4.78 is 5.32. The highest BCUT2D eigenvalue weighted by molar-refractivity contribution is 6.05. The van der Waals surface area contributed by atoms with Crippen LogP contribution in [0.25, 0.3) is 21.7 Å². The largest absolute Gasteiger partial charge is 0.360 e. The van der Waals surface area contributed by atoms with Crippen LogP contribution in [0.15, 0.2) is 40.9 Å². The van der Waals surface area contributed by atoms with Crippen molar-refractivity contribution in [2.45, 2.75) is 13.3 Å². The van der Waals surface area contributed by atoms with E-state index in [4.69, 9.17) is 4.52 Å². The summed E-state index contributed by atoms with van der Waals surface area (Å²) in [5.41, 5.74) is 0.977. The van der Waals surface area contributed by atoms with Crippen molar-refractivity contribution >= 4 is 21.7 Å². The van der Waals surface area contributed by atoms with Gasteiger partial charge in [0.1, 0.15) is 11.3 Å². The lowest BCUT2D eigenvalue weighted by Gasteiger charge is -1.96. The van der Waals surface area contributed by atoms with E-state index in [0.29, 0.717) is 0 Å². The van der Waals surface area contributed by atoms with E-state index >= 15 is 0 Å². The average Bonchev–Trinajstić information content (AvgIpc) is 2.72. The molecule has 0 N–H and O–H groups in total. The third-order valence-corrected chi connectivity index (χ3v) is 2.77. The fourth-order valence-corrected chi connectivity index (χ4v) is 1.98. The molecule has 15 heavy (non-hydrogen) atoms. The maximum atomic E-state index is 5.32. The summed E-state index contributed by atoms with van der Waals surface area (Å²) in [4.78, 5) is 0. The Kier molecular flexibility index (Phi) is 1.75. The Labute approximate surface area is 87.5 Å². The van der Waals surface area contributed by atoms with Gasteiger partial charge in [-0.05, 0) is 11.5 Å². The highest BCUT2D eigenvalue weighted by Gasteiger charge is 2.08. The van der Waals surface area contributed by atoms with Crippen LogP contribution in [-0.2, 0) is 6.42 Å². The molecule has 0 radical (unpaired) electrons. The van der Waals surface area contributed by atoms with Crippen molar-refractivity contribution in [3.8, 4) is 0 Å². The van der Waals surface area contributed by atoms with Gasteiger partial charge in [0.05, 0.1) is 0 Å². The molecule has 3 aromatic rings. The van der Waals surface area contributed by atoms with Gasteiger partial charge >= 0.3 is 0 Å². The van der Waals surface area contributed by atoms with Crippen LogP contribution in [0.1, 0.15) is 12.7 Å². The van der Waals surface area contributed by atoms with Crippen LogP contribution in [0.4, 0.5) is 0 Å². The van der Waals surface area contributed by atoms with E-state index in [0.717, 1.165) is 23.1 Å². The Morgan fingerprint density at radius 2 is 1.93 bits per heavy atom. The molecule has 74 valence electrons. The van der Waals surface area contributed by atoms with E-state index in [1.807, 2.05) is 12.1 Å². The lowest BCUT2D eigenvalue weighted by Crippen LogP contribution is -1.77. The lowest BCUT2D eigenvalue weighted by molar-refractivity contribution is 0.395. The zero-order chi connectivity index (χ0) is 10.3. The van der Waals surface area contributed by atoms with Gasteiger partial charge < -0.3 is 4.52 Å². The molecule has 0 fully saturated rings. The van der Waals surface area contributed by atoms with Crippen molar-refractivity contribution in [3.05, 3.63) is 42.2 Å². The van der Waals surface area contributed by atoms with E-state index < -0.39 is 0 Å². The molecule has 0 amide bonds. The van der Waals surface area contributed by atoms with Gasteiger partial charge in [-0.25, -0.2) is 0 Å². The van der Waals surface area contributed by atoms with Crippen LogP contribution in [0.2, 0.25) is 0 Å². The summed E-state index contributed by atoms with van der Waals surface area (Å²) >= 11 is 0. The molecule has 0 spiro atoms. The topological polar surface area (TPSA) is 26.0 Å². The third-order valence-electron chi connectivity index (χ3n) is 2.77. The second-order valence-electron chi connectivity index (χ2n) is 3.64. The van der Waals surface area contributed by atoms with Gasteiger partial charge in [0.25, 0.3) is 0 Å². The van der Waals surface area contributed by atoms with Crippen LogP contribution in [-0.4, -0.2) is 5.16 Å². The molecular formula is C13H11NO. The zero-order valence-electron chi connectivity index (χ0n) is 8.53. The van der Waals surface area contributed by atoms with E-state index in [2.05, 4.69) is 36.3 Å². The van der Waals surface area contributed by atoms with Gasteiger partial charge in [-0.15, -0.1) is 0 Å². The number of rotatable bonds is 1. The van der Waals surface area contributed by atoms with Crippen LogP contribution in [0, 0.1) is 0 Å². The predicted octanol–water partition coefficient (Wildman–Crippen LogP) is 3.54.